The summed E-state index contributed by atoms with van der Waals surface area (Å²) in [5.74, 6) is 0.883. The Hall–Kier alpha value is -3.08. The maximum absolute atomic E-state index is 12.2. The van der Waals surface area contributed by atoms with Crippen LogP contribution in [0.5, 0.6) is 5.75 Å². The molecule has 1 N–H and O–H groups in total. The van der Waals surface area contributed by atoms with Crippen LogP contribution < -0.4 is 10.1 Å². The lowest BCUT2D eigenvalue weighted by Crippen LogP contribution is -2.23. The lowest BCUT2D eigenvalue weighted by molar-refractivity contribution is -0.121. The molecule has 0 aliphatic carbocycles. The second-order valence-corrected chi connectivity index (χ2v) is 7.03. The first-order valence-electron chi connectivity index (χ1n) is 9.52. The standard InChI is InChI=1S/C23H27N3O2/c1-17-13-18(2)26(25-17)16-21-6-4-5-20(14-21)15-24-23(27)12-9-19-7-10-22(28-3)11-8-19/h4-8,10-11,13-14H,9,12,15-16H2,1-3H3,(H,24,27). The first-order valence-corrected chi connectivity index (χ1v) is 9.52. The van der Waals surface area contributed by atoms with Crippen molar-refractivity contribution in [2.24, 2.45) is 0 Å². The molecule has 1 aromatic heterocycles. The van der Waals surface area contributed by atoms with Gasteiger partial charge in [-0.15, -0.1) is 0 Å². The summed E-state index contributed by atoms with van der Waals surface area (Å²) < 4.78 is 7.15. The van der Waals surface area contributed by atoms with Gasteiger partial charge in [-0.1, -0.05) is 36.4 Å². The third-order valence-electron chi connectivity index (χ3n) is 4.72. The molecule has 28 heavy (non-hydrogen) atoms. The summed E-state index contributed by atoms with van der Waals surface area (Å²) in [7, 11) is 1.65. The minimum absolute atomic E-state index is 0.0553. The molecule has 0 fully saturated rings. The fourth-order valence-corrected chi connectivity index (χ4v) is 3.19. The highest BCUT2D eigenvalue weighted by atomic mass is 16.5. The number of carbonyl (C=O) groups excluding carboxylic acids is 1. The van der Waals surface area contributed by atoms with E-state index in [-0.39, 0.29) is 5.91 Å². The molecule has 1 heterocycles. The molecule has 0 saturated heterocycles. The monoisotopic (exact) mass is 377 g/mol. The van der Waals surface area contributed by atoms with Gasteiger partial charge in [-0.05, 0) is 55.2 Å². The van der Waals surface area contributed by atoms with E-state index in [0.29, 0.717) is 19.4 Å². The highest BCUT2D eigenvalue weighted by molar-refractivity contribution is 5.76. The number of carbonyl (C=O) groups is 1. The quantitative estimate of drug-likeness (QED) is 0.649. The van der Waals surface area contributed by atoms with Crippen molar-refractivity contribution >= 4 is 5.91 Å². The van der Waals surface area contributed by atoms with Gasteiger partial charge in [-0.25, -0.2) is 0 Å². The Kier molecular flexibility index (Phi) is 6.48. The number of amides is 1. The van der Waals surface area contributed by atoms with Crippen LogP contribution in [-0.4, -0.2) is 22.8 Å². The molecule has 3 aromatic rings. The van der Waals surface area contributed by atoms with Crippen LogP contribution in [0.2, 0.25) is 0 Å². The Morgan fingerprint density at radius 1 is 1.04 bits per heavy atom. The van der Waals surface area contributed by atoms with Crippen molar-refractivity contribution in [3.05, 3.63) is 82.7 Å². The van der Waals surface area contributed by atoms with E-state index in [2.05, 4.69) is 35.5 Å². The Bertz CT molecular complexity index is 929. The molecule has 0 bridgehead atoms. The summed E-state index contributed by atoms with van der Waals surface area (Å²) in [5, 5.41) is 7.52. The maximum atomic E-state index is 12.2. The van der Waals surface area contributed by atoms with E-state index < -0.39 is 0 Å². The zero-order valence-electron chi connectivity index (χ0n) is 16.7. The Labute approximate surface area is 166 Å². The van der Waals surface area contributed by atoms with Gasteiger partial charge in [-0.3, -0.25) is 9.48 Å². The number of hydrogen-bond acceptors (Lipinski definition) is 3. The van der Waals surface area contributed by atoms with Crippen molar-refractivity contribution in [3.8, 4) is 5.75 Å². The molecule has 0 saturated carbocycles. The number of methoxy groups -OCH3 is 1. The molecular weight excluding hydrogens is 350 g/mol. The Balaban J connectivity index is 1.49. The van der Waals surface area contributed by atoms with Gasteiger partial charge in [0, 0.05) is 18.7 Å². The second-order valence-electron chi connectivity index (χ2n) is 7.03. The summed E-state index contributed by atoms with van der Waals surface area (Å²) in [4.78, 5) is 12.2. The van der Waals surface area contributed by atoms with Crippen LogP contribution in [0.1, 0.15) is 34.5 Å². The fraction of sp³-hybridized carbons (Fsp3) is 0.304. The zero-order chi connectivity index (χ0) is 19.9. The molecule has 0 atom stereocenters. The van der Waals surface area contributed by atoms with Crippen molar-refractivity contribution in [3.63, 3.8) is 0 Å². The predicted octanol–water partition coefficient (Wildman–Crippen LogP) is 3.81. The largest absolute Gasteiger partial charge is 0.497 e. The lowest BCUT2D eigenvalue weighted by atomic mass is 10.1. The molecule has 1 amide bonds. The lowest BCUT2D eigenvalue weighted by Gasteiger charge is -2.09. The van der Waals surface area contributed by atoms with E-state index in [1.54, 1.807) is 7.11 Å². The Morgan fingerprint density at radius 2 is 1.79 bits per heavy atom. The maximum Gasteiger partial charge on any atom is 0.220 e. The minimum atomic E-state index is 0.0553. The number of ether oxygens (including phenoxy) is 1. The van der Waals surface area contributed by atoms with Crippen molar-refractivity contribution < 1.29 is 9.53 Å². The summed E-state index contributed by atoms with van der Waals surface area (Å²) in [6, 6.07) is 18.2. The van der Waals surface area contributed by atoms with Gasteiger partial charge in [0.1, 0.15) is 5.75 Å². The van der Waals surface area contributed by atoms with E-state index in [9.17, 15) is 4.79 Å². The third kappa shape index (κ3) is 5.46. The normalized spacial score (nSPS) is 10.7. The number of nitrogens with zero attached hydrogens (tertiary/aromatic N) is 2. The van der Waals surface area contributed by atoms with Crippen LogP contribution in [0.4, 0.5) is 0 Å². The SMILES string of the molecule is COc1ccc(CCC(=O)NCc2cccc(Cn3nc(C)cc3C)c2)cc1. The van der Waals surface area contributed by atoms with Crippen LogP contribution >= 0.6 is 0 Å². The van der Waals surface area contributed by atoms with Gasteiger partial charge in [-0.2, -0.15) is 5.10 Å². The molecule has 5 heteroatoms. The molecule has 0 spiro atoms. The topological polar surface area (TPSA) is 56.1 Å². The average molecular weight is 377 g/mol. The van der Waals surface area contributed by atoms with Gasteiger partial charge in [0.25, 0.3) is 0 Å². The van der Waals surface area contributed by atoms with Crippen molar-refractivity contribution in [1.29, 1.82) is 0 Å². The first-order chi connectivity index (χ1) is 13.5. The summed E-state index contributed by atoms with van der Waals surface area (Å²) >= 11 is 0. The third-order valence-corrected chi connectivity index (χ3v) is 4.72. The minimum Gasteiger partial charge on any atom is -0.497 e. The molecule has 0 unspecified atom stereocenters. The summed E-state index contributed by atoms with van der Waals surface area (Å²) in [6.07, 6.45) is 1.19. The highest BCUT2D eigenvalue weighted by Crippen LogP contribution is 2.13. The van der Waals surface area contributed by atoms with E-state index >= 15 is 0 Å². The van der Waals surface area contributed by atoms with Gasteiger partial charge >= 0.3 is 0 Å². The summed E-state index contributed by atoms with van der Waals surface area (Å²) in [5.41, 5.74) is 5.57. The fourth-order valence-electron chi connectivity index (χ4n) is 3.19. The van der Waals surface area contributed by atoms with Crippen molar-refractivity contribution in [1.82, 2.24) is 15.1 Å². The number of hydrogen-bond donors (Lipinski definition) is 1. The molecule has 5 nitrogen and oxygen atoms in total. The van der Waals surface area contributed by atoms with Crippen LogP contribution in [0.15, 0.2) is 54.6 Å². The van der Waals surface area contributed by atoms with E-state index in [4.69, 9.17) is 4.74 Å². The average Bonchev–Trinajstić information content (AvgIpc) is 3.02. The molecular formula is C23H27N3O2. The Morgan fingerprint density at radius 3 is 2.46 bits per heavy atom. The van der Waals surface area contributed by atoms with E-state index in [1.807, 2.05) is 48.0 Å². The first kappa shape index (κ1) is 19.7. The number of rotatable bonds is 8. The molecule has 0 aliphatic rings. The van der Waals surface area contributed by atoms with E-state index in [1.165, 1.54) is 5.56 Å². The van der Waals surface area contributed by atoms with Gasteiger partial charge in [0.05, 0.1) is 19.3 Å². The highest BCUT2D eigenvalue weighted by Gasteiger charge is 2.05. The summed E-state index contributed by atoms with van der Waals surface area (Å²) in [6.45, 7) is 5.33. The predicted molar refractivity (Wildman–Crippen MR) is 110 cm³/mol. The van der Waals surface area contributed by atoms with Crippen LogP contribution in [0.3, 0.4) is 0 Å². The van der Waals surface area contributed by atoms with Crippen LogP contribution in [0, 0.1) is 13.8 Å². The molecule has 3 rings (SSSR count). The molecule has 146 valence electrons. The second kappa shape index (κ2) is 9.22. The molecule has 0 aliphatic heterocycles. The van der Waals surface area contributed by atoms with Gasteiger partial charge in [0.15, 0.2) is 0 Å². The molecule has 0 radical (unpaired) electrons. The number of benzene rings is 2. The number of nitrogens with one attached hydrogen (secondary N) is 1. The number of aromatic nitrogens is 2. The van der Waals surface area contributed by atoms with E-state index in [0.717, 1.165) is 34.8 Å². The van der Waals surface area contributed by atoms with Crippen molar-refractivity contribution in [2.45, 2.75) is 39.8 Å². The smallest absolute Gasteiger partial charge is 0.220 e. The number of aryl methyl sites for hydroxylation is 3. The van der Waals surface area contributed by atoms with Crippen LogP contribution in [-0.2, 0) is 24.3 Å². The van der Waals surface area contributed by atoms with Crippen molar-refractivity contribution in [2.75, 3.05) is 7.11 Å². The van der Waals surface area contributed by atoms with Gasteiger partial charge in [0.2, 0.25) is 5.91 Å². The van der Waals surface area contributed by atoms with Gasteiger partial charge < -0.3 is 10.1 Å². The molecule has 2 aromatic carbocycles. The zero-order valence-corrected chi connectivity index (χ0v) is 16.7. The van der Waals surface area contributed by atoms with Crippen LogP contribution in [0.25, 0.3) is 0 Å².